The number of benzene rings is 2. The summed E-state index contributed by atoms with van der Waals surface area (Å²) in [6.45, 7) is 1.97. The molecule has 0 saturated heterocycles. The van der Waals surface area contributed by atoms with Gasteiger partial charge in [-0.2, -0.15) is 5.10 Å². The lowest BCUT2D eigenvalue weighted by molar-refractivity contribution is -0.136. The molecule has 2 aromatic carbocycles. The Kier molecular flexibility index (Phi) is 6.73. The molecule has 0 aliphatic rings. The minimum Gasteiger partial charge on any atom is -0.458 e. The summed E-state index contributed by atoms with van der Waals surface area (Å²) < 4.78 is 5.49. The van der Waals surface area contributed by atoms with Gasteiger partial charge >= 0.3 is 11.8 Å². The molecular weight excluding hydrogens is 384 g/mol. The monoisotopic (exact) mass is 404 g/mol. The molecule has 1 heterocycles. The smallest absolute Gasteiger partial charge is 0.313 e. The third-order valence-corrected chi connectivity index (χ3v) is 4.02. The number of para-hydroxylation sites is 1. The molecule has 3 aromatic rings. The van der Waals surface area contributed by atoms with Crippen molar-refractivity contribution in [3.63, 3.8) is 0 Å². The van der Waals surface area contributed by atoms with E-state index in [1.807, 2.05) is 25.1 Å². The molecule has 8 heteroatoms. The molecule has 0 aliphatic carbocycles. The third-order valence-electron chi connectivity index (χ3n) is 4.02. The molecule has 3 N–H and O–H groups in total. The topological polar surface area (TPSA) is 113 Å². The summed E-state index contributed by atoms with van der Waals surface area (Å²) in [4.78, 5) is 35.7. The molecule has 0 saturated carbocycles. The van der Waals surface area contributed by atoms with Gasteiger partial charge in [0.2, 0.25) is 0 Å². The summed E-state index contributed by atoms with van der Waals surface area (Å²) in [7, 11) is 0. The minimum absolute atomic E-state index is 0.0323. The standard InChI is InChI=1S/C22H20N4O4/c1-15-7-9-16(10-8-15)20(27)26-24-14-19-12-11-18(30-19)13-23-21(28)22(29)25-17-5-3-2-4-6-17/h2-12,14H,13H2,1H3,(H,23,28)(H,25,29)(H,26,27)/b24-14-. The number of nitrogens with one attached hydrogen (secondary N) is 3. The average molecular weight is 404 g/mol. The normalized spacial score (nSPS) is 10.6. The number of hydrazone groups is 1. The second kappa shape index (κ2) is 9.83. The van der Waals surface area contributed by atoms with Crippen LogP contribution in [-0.4, -0.2) is 23.9 Å². The van der Waals surface area contributed by atoms with Crippen molar-refractivity contribution in [1.29, 1.82) is 0 Å². The van der Waals surface area contributed by atoms with Crippen molar-refractivity contribution in [3.05, 3.63) is 89.4 Å². The zero-order valence-corrected chi connectivity index (χ0v) is 16.2. The quantitative estimate of drug-likeness (QED) is 0.333. The second-order valence-electron chi connectivity index (χ2n) is 6.37. The summed E-state index contributed by atoms with van der Waals surface area (Å²) >= 11 is 0. The maximum absolute atomic E-state index is 12.0. The van der Waals surface area contributed by atoms with Crippen LogP contribution < -0.4 is 16.1 Å². The number of hydrogen-bond donors (Lipinski definition) is 3. The Hall–Kier alpha value is -4.20. The van der Waals surface area contributed by atoms with Gasteiger partial charge in [-0.1, -0.05) is 35.9 Å². The van der Waals surface area contributed by atoms with Crippen LogP contribution in [0.15, 0.2) is 76.2 Å². The highest BCUT2D eigenvalue weighted by molar-refractivity contribution is 6.39. The highest BCUT2D eigenvalue weighted by Gasteiger charge is 2.14. The number of aryl methyl sites for hydroxylation is 1. The van der Waals surface area contributed by atoms with E-state index in [1.165, 1.54) is 6.21 Å². The molecular formula is C22H20N4O4. The van der Waals surface area contributed by atoms with E-state index in [1.54, 1.807) is 48.5 Å². The van der Waals surface area contributed by atoms with Gasteiger partial charge in [0.05, 0.1) is 12.8 Å². The molecule has 1 aromatic heterocycles. The van der Waals surface area contributed by atoms with Gasteiger partial charge < -0.3 is 15.1 Å². The van der Waals surface area contributed by atoms with Crippen molar-refractivity contribution in [3.8, 4) is 0 Å². The fourth-order valence-corrected chi connectivity index (χ4v) is 2.44. The summed E-state index contributed by atoms with van der Waals surface area (Å²) in [5.41, 5.74) is 4.49. The number of carbonyl (C=O) groups excluding carboxylic acids is 3. The van der Waals surface area contributed by atoms with E-state index in [9.17, 15) is 14.4 Å². The van der Waals surface area contributed by atoms with Gasteiger partial charge in [0.25, 0.3) is 5.91 Å². The predicted molar refractivity (Wildman–Crippen MR) is 112 cm³/mol. The van der Waals surface area contributed by atoms with Crippen molar-refractivity contribution >= 4 is 29.6 Å². The van der Waals surface area contributed by atoms with Crippen molar-refractivity contribution in [1.82, 2.24) is 10.7 Å². The van der Waals surface area contributed by atoms with E-state index in [-0.39, 0.29) is 12.5 Å². The van der Waals surface area contributed by atoms with Gasteiger partial charge in [-0.15, -0.1) is 0 Å². The van der Waals surface area contributed by atoms with Crippen LogP contribution in [0.25, 0.3) is 0 Å². The fraction of sp³-hybridized carbons (Fsp3) is 0.0909. The molecule has 30 heavy (non-hydrogen) atoms. The summed E-state index contributed by atoms with van der Waals surface area (Å²) in [5, 5.41) is 8.82. The molecule has 0 unspecified atom stereocenters. The Balaban J connectivity index is 1.45. The van der Waals surface area contributed by atoms with Crippen molar-refractivity contribution in [2.45, 2.75) is 13.5 Å². The highest BCUT2D eigenvalue weighted by atomic mass is 16.3. The van der Waals surface area contributed by atoms with Gasteiger partial charge in [-0.25, -0.2) is 5.43 Å². The Morgan fingerprint density at radius 3 is 2.40 bits per heavy atom. The van der Waals surface area contributed by atoms with Crippen LogP contribution in [0.3, 0.4) is 0 Å². The Morgan fingerprint density at radius 2 is 1.67 bits per heavy atom. The number of nitrogens with zero attached hydrogens (tertiary/aromatic N) is 1. The third kappa shape index (κ3) is 5.90. The number of rotatable bonds is 6. The molecule has 8 nitrogen and oxygen atoms in total. The summed E-state index contributed by atoms with van der Waals surface area (Å²) in [5.74, 6) is -1.07. The number of carbonyl (C=O) groups is 3. The first-order chi connectivity index (χ1) is 14.5. The SMILES string of the molecule is Cc1ccc(C(=O)N/N=C\c2ccc(CNC(=O)C(=O)Nc3ccccc3)o2)cc1. The lowest BCUT2D eigenvalue weighted by Gasteiger charge is -2.05. The van der Waals surface area contributed by atoms with Crippen LogP contribution in [0.1, 0.15) is 27.4 Å². The van der Waals surface area contributed by atoms with Crippen LogP contribution in [0.4, 0.5) is 5.69 Å². The van der Waals surface area contributed by atoms with Gasteiger partial charge in [-0.3, -0.25) is 14.4 Å². The van der Waals surface area contributed by atoms with Gasteiger partial charge in [0.1, 0.15) is 11.5 Å². The van der Waals surface area contributed by atoms with Crippen LogP contribution >= 0.6 is 0 Å². The summed E-state index contributed by atoms with van der Waals surface area (Å²) in [6.07, 6.45) is 1.35. The Labute approximate surface area is 173 Å². The zero-order chi connectivity index (χ0) is 21.3. The van der Waals surface area contributed by atoms with Gasteiger partial charge in [0.15, 0.2) is 0 Å². The van der Waals surface area contributed by atoms with E-state index in [4.69, 9.17) is 4.42 Å². The maximum atomic E-state index is 12.0. The number of anilines is 1. The highest BCUT2D eigenvalue weighted by Crippen LogP contribution is 2.07. The van der Waals surface area contributed by atoms with E-state index < -0.39 is 11.8 Å². The van der Waals surface area contributed by atoms with Crippen molar-refractivity contribution in [2.24, 2.45) is 5.10 Å². The molecule has 152 valence electrons. The summed E-state index contributed by atoms with van der Waals surface area (Å²) in [6, 6.07) is 19.0. The zero-order valence-electron chi connectivity index (χ0n) is 16.2. The Bertz CT molecular complexity index is 1060. The molecule has 0 bridgehead atoms. The first kappa shape index (κ1) is 20.5. The first-order valence-electron chi connectivity index (χ1n) is 9.14. The van der Waals surface area contributed by atoms with E-state index in [0.29, 0.717) is 22.8 Å². The van der Waals surface area contributed by atoms with Crippen molar-refractivity contribution in [2.75, 3.05) is 5.32 Å². The molecule has 0 radical (unpaired) electrons. The number of amides is 3. The minimum atomic E-state index is -0.782. The second-order valence-corrected chi connectivity index (χ2v) is 6.37. The average Bonchev–Trinajstić information content (AvgIpc) is 3.21. The number of furan rings is 1. The molecule has 0 spiro atoms. The van der Waals surface area contributed by atoms with E-state index >= 15 is 0 Å². The lowest BCUT2D eigenvalue weighted by Crippen LogP contribution is -2.34. The largest absolute Gasteiger partial charge is 0.458 e. The molecule has 3 rings (SSSR count). The van der Waals surface area contributed by atoms with Crippen LogP contribution in [0.5, 0.6) is 0 Å². The fourth-order valence-electron chi connectivity index (χ4n) is 2.44. The lowest BCUT2D eigenvalue weighted by atomic mass is 10.1. The Morgan fingerprint density at radius 1 is 0.933 bits per heavy atom. The molecule has 0 aliphatic heterocycles. The maximum Gasteiger partial charge on any atom is 0.313 e. The molecule has 3 amide bonds. The van der Waals surface area contributed by atoms with Gasteiger partial charge in [-0.05, 0) is 43.3 Å². The molecule has 0 fully saturated rings. The first-order valence-corrected chi connectivity index (χ1v) is 9.14. The van der Waals surface area contributed by atoms with Crippen LogP contribution in [-0.2, 0) is 16.1 Å². The van der Waals surface area contributed by atoms with Gasteiger partial charge in [0, 0.05) is 11.3 Å². The van der Waals surface area contributed by atoms with E-state index in [0.717, 1.165) is 5.56 Å². The van der Waals surface area contributed by atoms with Crippen molar-refractivity contribution < 1.29 is 18.8 Å². The van der Waals surface area contributed by atoms with E-state index in [2.05, 4.69) is 21.2 Å². The van der Waals surface area contributed by atoms with Crippen LogP contribution in [0, 0.1) is 6.92 Å². The molecule has 0 atom stereocenters. The predicted octanol–water partition coefficient (Wildman–Crippen LogP) is 2.61. The van der Waals surface area contributed by atoms with Crippen LogP contribution in [0.2, 0.25) is 0 Å². The number of hydrogen-bond acceptors (Lipinski definition) is 5.